The van der Waals surface area contributed by atoms with Gasteiger partial charge in [0.15, 0.2) is 0 Å². The van der Waals surface area contributed by atoms with E-state index in [-0.39, 0.29) is 12.2 Å². The van der Waals surface area contributed by atoms with Crippen LogP contribution in [0.4, 0.5) is 14.9 Å². The number of carboxylic acid groups (broad SMARTS) is 1. The summed E-state index contributed by atoms with van der Waals surface area (Å²) in [6.45, 7) is 3.58. The van der Waals surface area contributed by atoms with E-state index in [9.17, 15) is 14.0 Å². The van der Waals surface area contributed by atoms with Crippen molar-refractivity contribution in [2.75, 3.05) is 25.5 Å². The SMILES string of the molecule is CCN(CC(C)C(=O)O)C(=O)Nc1cc(OC)ccc1F. The summed E-state index contributed by atoms with van der Waals surface area (Å²) in [5.74, 6) is -1.88. The van der Waals surface area contributed by atoms with Gasteiger partial charge in [0.25, 0.3) is 0 Å². The van der Waals surface area contributed by atoms with Crippen molar-refractivity contribution >= 4 is 17.7 Å². The second kappa shape index (κ2) is 7.47. The Morgan fingerprint density at radius 2 is 2.14 bits per heavy atom. The van der Waals surface area contributed by atoms with Crippen molar-refractivity contribution in [3.63, 3.8) is 0 Å². The van der Waals surface area contributed by atoms with Crippen LogP contribution in [0.15, 0.2) is 18.2 Å². The summed E-state index contributed by atoms with van der Waals surface area (Å²) in [6.07, 6.45) is 0. The van der Waals surface area contributed by atoms with Crippen molar-refractivity contribution in [2.24, 2.45) is 5.92 Å². The predicted octanol–water partition coefficient (Wildman–Crippen LogP) is 2.41. The Balaban J connectivity index is 2.80. The van der Waals surface area contributed by atoms with E-state index in [1.54, 1.807) is 6.92 Å². The lowest BCUT2D eigenvalue weighted by Crippen LogP contribution is -2.39. The molecule has 0 aliphatic heterocycles. The second-order valence-corrected chi connectivity index (χ2v) is 4.55. The molecule has 0 fully saturated rings. The van der Waals surface area contributed by atoms with Gasteiger partial charge in [-0.15, -0.1) is 0 Å². The van der Waals surface area contributed by atoms with Gasteiger partial charge in [-0.25, -0.2) is 9.18 Å². The third-order valence-electron chi connectivity index (χ3n) is 3.00. The molecule has 0 spiro atoms. The zero-order valence-electron chi connectivity index (χ0n) is 12.2. The lowest BCUT2D eigenvalue weighted by Gasteiger charge is -2.23. The molecule has 0 aliphatic carbocycles. The van der Waals surface area contributed by atoms with Gasteiger partial charge in [0.05, 0.1) is 18.7 Å². The van der Waals surface area contributed by atoms with Crippen LogP contribution in [0, 0.1) is 11.7 Å². The fourth-order valence-electron chi connectivity index (χ4n) is 1.69. The number of hydrogen-bond acceptors (Lipinski definition) is 3. The van der Waals surface area contributed by atoms with E-state index in [4.69, 9.17) is 9.84 Å². The average molecular weight is 298 g/mol. The molecule has 0 heterocycles. The van der Waals surface area contributed by atoms with E-state index < -0.39 is 23.7 Å². The van der Waals surface area contributed by atoms with Crippen LogP contribution in [0.2, 0.25) is 0 Å². The number of nitrogens with one attached hydrogen (secondary N) is 1. The van der Waals surface area contributed by atoms with Crippen LogP contribution in [-0.2, 0) is 4.79 Å². The van der Waals surface area contributed by atoms with Crippen LogP contribution < -0.4 is 10.1 Å². The van der Waals surface area contributed by atoms with Gasteiger partial charge in [0, 0.05) is 19.2 Å². The maximum Gasteiger partial charge on any atom is 0.321 e. The molecule has 2 amide bonds. The second-order valence-electron chi connectivity index (χ2n) is 4.55. The first-order chi connectivity index (χ1) is 9.88. The number of rotatable bonds is 6. The first-order valence-corrected chi connectivity index (χ1v) is 6.51. The highest BCUT2D eigenvalue weighted by Gasteiger charge is 2.20. The quantitative estimate of drug-likeness (QED) is 0.845. The van der Waals surface area contributed by atoms with E-state index in [0.29, 0.717) is 12.3 Å². The highest BCUT2D eigenvalue weighted by atomic mass is 19.1. The monoisotopic (exact) mass is 298 g/mol. The molecular formula is C14H19FN2O4. The molecule has 0 saturated carbocycles. The molecule has 1 aromatic carbocycles. The minimum absolute atomic E-state index is 0.0132. The van der Waals surface area contributed by atoms with Gasteiger partial charge in [-0.1, -0.05) is 6.92 Å². The van der Waals surface area contributed by atoms with Crippen LogP contribution in [0.5, 0.6) is 5.75 Å². The zero-order chi connectivity index (χ0) is 16.0. The van der Waals surface area contributed by atoms with Crippen molar-refractivity contribution in [1.29, 1.82) is 0 Å². The molecule has 21 heavy (non-hydrogen) atoms. The topological polar surface area (TPSA) is 78.9 Å². The smallest absolute Gasteiger partial charge is 0.321 e. The minimum atomic E-state index is -0.992. The molecule has 2 N–H and O–H groups in total. The van der Waals surface area contributed by atoms with Crippen LogP contribution in [0.3, 0.4) is 0 Å². The Morgan fingerprint density at radius 1 is 1.48 bits per heavy atom. The molecule has 0 saturated heterocycles. The van der Waals surface area contributed by atoms with Gasteiger partial charge in [0.1, 0.15) is 11.6 Å². The predicted molar refractivity (Wildman–Crippen MR) is 76.0 cm³/mol. The fraction of sp³-hybridized carbons (Fsp3) is 0.429. The Labute approximate surface area is 122 Å². The number of aliphatic carboxylic acids is 1. The number of anilines is 1. The highest BCUT2D eigenvalue weighted by molar-refractivity contribution is 5.90. The van der Waals surface area contributed by atoms with E-state index in [2.05, 4.69) is 5.32 Å². The average Bonchev–Trinajstić information content (AvgIpc) is 2.46. The fourth-order valence-corrected chi connectivity index (χ4v) is 1.69. The standard InChI is InChI=1S/C14H19FN2O4/c1-4-17(8-9(2)13(18)19)14(20)16-12-7-10(21-3)5-6-11(12)15/h5-7,9H,4,8H2,1-3H3,(H,16,20)(H,18,19). The molecule has 0 radical (unpaired) electrons. The Kier molecular flexibility index (Phi) is 5.95. The van der Waals surface area contributed by atoms with Crippen molar-refractivity contribution < 1.29 is 23.8 Å². The number of urea groups is 1. The van der Waals surface area contributed by atoms with Crippen LogP contribution in [-0.4, -0.2) is 42.2 Å². The van der Waals surface area contributed by atoms with Crippen molar-refractivity contribution in [1.82, 2.24) is 4.90 Å². The molecular weight excluding hydrogens is 279 g/mol. The zero-order valence-corrected chi connectivity index (χ0v) is 12.2. The Hall–Kier alpha value is -2.31. The highest BCUT2D eigenvalue weighted by Crippen LogP contribution is 2.21. The molecule has 7 heteroatoms. The summed E-state index contributed by atoms with van der Waals surface area (Å²) in [7, 11) is 1.44. The van der Waals surface area contributed by atoms with Crippen molar-refractivity contribution in [3.8, 4) is 5.75 Å². The third kappa shape index (κ3) is 4.62. The number of methoxy groups -OCH3 is 1. The maximum absolute atomic E-state index is 13.6. The molecule has 0 aliphatic rings. The lowest BCUT2D eigenvalue weighted by atomic mass is 10.2. The third-order valence-corrected chi connectivity index (χ3v) is 3.00. The molecule has 6 nitrogen and oxygen atoms in total. The number of carboxylic acids is 1. The van der Waals surface area contributed by atoms with Crippen LogP contribution in [0.25, 0.3) is 0 Å². The Morgan fingerprint density at radius 3 is 2.67 bits per heavy atom. The van der Waals surface area contributed by atoms with E-state index in [0.717, 1.165) is 0 Å². The number of ether oxygens (including phenoxy) is 1. The molecule has 1 unspecified atom stereocenters. The number of nitrogens with zero attached hydrogens (tertiary/aromatic N) is 1. The maximum atomic E-state index is 13.6. The summed E-state index contributed by atoms with van der Waals surface area (Å²) in [5.41, 5.74) is -0.0132. The minimum Gasteiger partial charge on any atom is -0.497 e. The number of carbonyl (C=O) groups excluding carboxylic acids is 1. The number of amides is 2. The molecule has 1 atom stereocenters. The summed E-state index contributed by atoms with van der Waals surface area (Å²) < 4.78 is 18.6. The number of halogens is 1. The van der Waals surface area contributed by atoms with E-state index in [1.165, 1.54) is 37.1 Å². The molecule has 0 aromatic heterocycles. The van der Waals surface area contributed by atoms with Gasteiger partial charge >= 0.3 is 12.0 Å². The summed E-state index contributed by atoms with van der Waals surface area (Å²) >= 11 is 0. The summed E-state index contributed by atoms with van der Waals surface area (Å²) in [4.78, 5) is 24.2. The van der Waals surface area contributed by atoms with Crippen molar-refractivity contribution in [2.45, 2.75) is 13.8 Å². The first-order valence-electron chi connectivity index (χ1n) is 6.51. The van der Waals surface area contributed by atoms with Gasteiger partial charge in [-0.05, 0) is 19.1 Å². The Bertz CT molecular complexity index is 522. The molecule has 0 bridgehead atoms. The number of hydrogen-bond donors (Lipinski definition) is 2. The summed E-state index contributed by atoms with van der Waals surface area (Å²) in [5, 5.41) is 11.3. The molecule has 1 aromatic rings. The number of benzene rings is 1. The van der Waals surface area contributed by atoms with Crippen LogP contribution >= 0.6 is 0 Å². The molecule has 1 rings (SSSR count). The summed E-state index contributed by atoms with van der Waals surface area (Å²) in [6, 6.07) is 3.43. The van der Waals surface area contributed by atoms with Gasteiger partial charge in [0.2, 0.25) is 0 Å². The molecule has 116 valence electrons. The van der Waals surface area contributed by atoms with Crippen molar-refractivity contribution in [3.05, 3.63) is 24.0 Å². The van der Waals surface area contributed by atoms with Crippen LogP contribution in [0.1, 0.15) is 13.8 Å². The number of carbonyl (C=O) groups is 2. The largest absolute Gasteiger partial charge is 0.497 e. The lowest BCUT2D eigenvalue weighted by molar-refractivity contribution is -0.141. The first kappa shape index (κ1) is 16.7. The van der Waals surface area contributed by atoms with Gasteiger partial charge < -0.3 is 20.1 Å². The normalized spacial score (nSPS) is 11.6. The van der Waals surface area contributed by atoms with Gasteiger partial charge in [-0.2, -0.15) is 0 Å². The van der Waals surface area contributed by atoms with E-state index >= 15 is 0 Å². The van der Waals surface area contributed by atoms with Gasteiger partial charge in [-0.3, -0.25) is 4.79 Å². The van der Waals surface area contributed by atoms with E-state index in [1.807, 2.05) is 0 Å².